The van der Waals surface area contributed by atoms with Crippen LogP contribution in [0.25, 0.3) is 22.3 Å². The summed E-state index contributed by atoms with van der Waals surface area (Å²) in [6, 6.07) is 35.3. The zero-order valence-corrected chi connectivity index (χ0v) is 20.8. The van der Waals surface area contributed by atoms with Gasteiger partial charge in [0.1, 0.15) is 8.07 Å². The standard InChI is InChI=1S/C32H32Si/c1-3-19-33(20-4-2,31-17-9-15-27-25-13-7-5-11-23(25)21-29(27)31)32-18-10-16-28-26-14-8-6-12-24(26)22-30(28)32/h5-18H,3-4,19-22H2,1-2H3. The summed E-state index contributed by atoms with van der Waals surface area (Å²) in [5.41, 5.74) is 12.1. The van der Waals surface area contributed by atoms with Crippen molar-refractivity contribution in [3.8, 4) is 22.3 Å². The second-order valence-corrected chi connectivity index (χ2v) is 14.2. The van der Waals surface area contributed by atoms with Gasteiger partial charge >= 0.3 is 0 Å². The fraction of sp³-hybridized carbons (Fsp3) is 0.250. The molecule has 0 amide bonds. The summed E-state index contributed by atoms with van der Waals surface area (Å²) in [4.78, 5) is 0. The van der Waals surface area contributed by atoms with Crippen molar-refractivity contribution < 1.29 is 0 Å². The van der Waals surface area contributed by atoms with Gasteiger partial charge in [-0.2, -0.15) is 0 Å². The molecule has 2 aliphatic carbocycles. The first-order valence-corrected chi connectivity index (χ1v) is 15.1. The highest BCUT2D eigenvalue weighted by Gasteiger charge is 2.41. The second-order valence-electron chi connectivity index (χ2n) is 9.91. The van der Waals surface area contributed by atoms with E-state index in [1.54, 1.807) is 21.5 Å². The Morgan fingerprint density at radius 3 is 1.39 bits per heavy atom. The van der Waals surface area contributed by atoms with Crippen LogP contribution in [0, 0.1) is 0 Å². The Bertz CT molecular complexity index is 1240. The van der Waals surface area contributed by atoms with Crippen molar-refractivity contribution in [2.45, 2.75) is 51.6 Å². The van der Waals surface area contributed by atoms with Crippen LogP contribution < -0.4 is 10.4 Å². The number of rotatable bonds is 6. The molecule has 4 aromatic carbocycles. The van der Waals surface area contributed by atoms with Crippen LogP contribution in [-0.4, -0.2) is 8.07 Å². The zero-order chi connectivity index (χ0) is 22.4. The summed E-state index contributed by atoms with van der Waals surface area (Å²) in [7, 11) is -1.94. The van der Waals surface area contributed by atoms with Gasteiger partial charge in [0.25, 0.3) is 0 Å². The minimum absolute atomic E-state index is 1.10. The van der Waals surface area contributed by atoms with Crippen LogP contribution in [0.3, 0.4) is 0 Å². The Labute approximate surface area is 199 Å². The van der Waals surface area contributed by atoms with E-state index >= 15 is 0 Å². The molecule has 0 aliphatic heterocycles. The van der Waals surface area contributed by atoms with Crippen LogP contribution >= 0.6 is 0 Å². The largest absolute Gasteiger partial charge is 0.118 e. The van der Waals surface area contributed by atoms with E-state index in [-0.39, 0.29) is 0 Å². The third-order valence-electron chi connectivity index (χ3n) is 8.09. The van der Waals surface area contributed by atoms with E-state index in [9.17, 15) is 0 Å². The van der Waals surface area contributed by atoms with Crippen LogP contribution in [0.2, 0.25) is 12.1 Å². The summed E-state index contributed by atoms with van der Waals surface area (Å²) in [5.74, 6) is 0. The molecular formula is C32H32Si. The summed E-state index contributed by atoms with van der Waals surface area (Å²) < 4.78 is 0. The van der Waals surface area contributed by atoms with E-state index in [0.717, 1.165) is 12.8 Å². The molecule has 0 saturated carbocycles. The molecule has 4 aromatic rings. The molecule has 0 unspecified atom stereocenters. The number of hydrogen-bond acceptors (Lipinski definition) is 0. The van der Waals surface area contributed by atoms with Gasteiger partial charge in [0.2, 0.25) is 0 Å². The molecule has 33 heavy (non-hydrogen) atoms. The number of benzene rings is 4. The van der Waals surface area contributed by atoms with E-state index in [0.29, 0.717) is 0 Å². The molecule has 1 heteroatoms. The Morgan fingerprint density at radius 1 is 0.515 bits per heavy atom. The van der Waals surface area contributed by atoms with E-state index in [1.807, 2.05) is 0 Å². The van der Waals surface area contributed by atoms with Gasteiger partial charge in [-0.25, -0.2) is 0 Å². The SMILES string of the molecule is CCC[Si](CCC)(c1cccc2c1Cc1ccccc1-2)c1cccc2c1Cc1ccccc1-2. The minimum atomic E-state index is -1.94. The van der Waals surface area contributed by atoms with Crippen LogP contribution in [0.4, 0.5) is 0 Å². The van der Waals surface area contributed by atoms with Crippen LogP contribution in [0.15, 0.2) is 84.9 Å². The molecular weight excluding hydrogens is 412 g/mol. The lowest BCUT2D eigenvalue weighted by Gasteiger charge is -2.36. The van der Waals surface area contributed by atoms with Crippen molar-refractivity contribution in [3.05, 3.63) is 107 Å². The highest BCUT2D eigenvalue weighted by molar-refractivity contribution is 7.03. The van der Waals surface area contributed by atoms with Gasteiger partial charge in [-0.1, -0.05) is 112 Å². The van der Waals surface area contributed by atoms with Crippen molar-refractivity contribution >= 4 is 18.4 Å². The molecule has 0 atom stereocenters. The van der Waals surface area contributed by atoms with Crippen molar-refractivity contribution in [2.75, 3.05) is 0 Å². The van der Waals surface area contributed by atoms with Crippen LogP contribution in [-0.2, 0) is 12.8 Å². The van der Waals surface area contributed by atoms with Gasteiger partial charge in [-0.15, -0.1) is 0 Å². The molecule has 6 rings (SSSR count). The second kappa shape index (κ2) is 8.15. The number of fused-ring (bicyclic) bond motifs is 6. The molecule has 0 heterocycles. The maximum Gasteiger partial charge on any atom is 0.118 e. The topological polar surface area (TPSA) is 0 Å². The Kier molecular flexibility index (Phi) is 5.11. The number of hydrogen-bond donors (Lipinski definition) is 0. The van der Waals surface area contributed by atoms with Gasteiger partial charge in [0.05, 0.1) is 0 Å². The van der Waals surface area contributed by atoms with Crippen molar-refractivity contribution in [2.24, 2.45) is 0 Å². The Hall–Kier alpha value is -2.90. The quantitative estimate of drug-likeness (QED) is 0.238. The lowest BCUT2D eigenvalue weighted by atomic mass is 10.1. The maximum absolute atomic E-state index is 2.52. The molecule has 2 aliphatic rings. The van der Waals surface area contributed by atoms with Gasteiger partial charge in [-0.3, -0.25) is 0 Å². The monoisotopic (exact) mass is 444 g/mol. The van der Waals surface area contributed by atoms with Gasteiger partial charge in [0, 0.05) is 0 Å². The molecule has 0 N–H and O–H groups in total. The van der Waals surface area contributed by atoms with E-state index in [2.05, 4.69) is 98.8 Å². The molecule has 164 valence electrons. The summed E-state index contributed by atoms with van der Waals surface area (Å²) >= 11 is 0. The first kappa shape index (κ1) is 20.7. The fourth-order valence-corrected chi connectivity index (χ4v) is 12.6. The molecule has 0 nitrogen and oxygen atoms in total. The summed E-state index contributed by atoms with van der Waals surface area (Å²) in [6.45, 7) is 4.79. The molecule has 0 spiro atoms. The lowest BCUT2D eigenvalue weighted by Crippen LogP contribution is -2.60. The fourth-order valence-electron chi connectivity index (χ4n) is 6.87. The van der Waals surface area contributed by atoms with Crippen molar-refractivity contribution in [3.63, 3.8) is 0 Å². The Balaban J connectivity index is 1.60. The summed E-state index contributed by atoms with van der Waals surface area (Å²) in [5, 5.41) is 3.42. The maximum atomic E-state index is 2.52. The van der Waals surface area contributed by atoms with Gasteiger partial charge in [-0.05, 0) is 79.8 Å². The van der Waals surface area contributed by atoms with E-state index in [1.165, 1.54) is 58.3 Å². The smallest absolute Gasteiger partial charge is 0.0656 e. The van der Waals surface area contributed by atoms with Gasteiger partial charge in [0.15, 0.2) is 0 Å². The van der Waals surface area contributed by atoms with Crippen LogP contribution in [0.1, 0.15) is 48.9 Å². The Morgan fingerprint density at radius 2 is 0.939 bits per heavy atom. The highest BCUT2D eigenvalue weighted by Crippen LogP contribution is 2.40. The summed E-state index contributed by atoms with van der Waals surface area (Å²) in [6.07, 6.45) is 4.69. The van der Waals surface area contributed by atoms with Crippen molar-refractivity contribution in [1.29, 1.82) is 0 Å². The highest BCUT2D eigenvalue weighted by atomic mass is 28.3. The van der Waals surface area contributed by atoms with Crippen molar-refractivity contribution in [1.82, 2.24) is 0 Å². The zero-order valence-electron chi connectivity index (χ0n) is 19.8. The molecule has 0 saturated heterocycles. The molecule has 0 bridgehead atoms. The first-order chi connectivity index (χ1) is 16.3. The first-order valence-electron chi connectivity index (χ1n) is 12.7. The van der Waals surface area contributed by atoms with E-state index in [4.69, 9.17) is 0 Å². The molecule has 0 radical (unpaired) electrons. The lowest BCUT2D eigenvalue weighted by molar-refractivity contribution is 0.994. The third-order valence-corrected chi connectivity index (χ3v) is 13.8. The average Bonchev–Trinajstić information content (AvgIpc) is 3.42. The van der Waals surface area contributed by atoms with Gasteiger partial charge < -0.3 is 0 Å². The molecule has 0 fully saturated rings. The predicted molar refractivity (Wildman–Crippen MR) is 145 cm³/mol. The normalized spacial score (nSPS) is 13.4. The average molecular weight is 445 g/mol. The molecule has 0 aromatic heterocycles. The minimum Gasteiger partial charge on any atom is -0.0656 e. The van der Waals surface area contributed by atoms with Crippen LogP contribution in [0.5, 0.6) is 0 Å². The third kappa shape index (κ3) is 3.09. The predicted octanol–water partition coefficient (Wildman–Crippen LogP) is 7.21. The van der Waals surface area contributed by atoms with E-state index < -0.39 is 8.07 Å².